The van der Waals surface area contributed by atoms with Crippen molar-refractivity contribution in [2.24, 2.45) is 7.05 Å². The number of anilines is 1. The molecule has 1 N–H and O–H groups in total. The van der Waals surface area contributed by atoms with Gasteiger partial charge in [-0.2, -0.15) is 0 Å². The number of imidazole rings is 1. The van der Waals surface area contributed by atoms with Gasteiger partial charge in [-0.1, -0.05) is 15.9 Å². The Kier molecular flexibility index (Phi) is 4.96. The summed E-state index contributed by atoms with van der Waals surface area (Å²) in [5, 5.41) is 2.85. The number of amides is 1. The largest absolute Gasteiger partial charge is 0.486 e. The Morgan fingerprint density at radius 1 is 1.17 bits per heavy atom. The van der Waals surface area contributed by atoms with Crippen molar-refractivity contribution in [2.75, 3.05) is 5.32 Å². The first-order chi connectivity index (χ1) is 11.6. The van der Waals surface area contributed by atoms with E-state index in [1.54, 1.807) is 30.5 Å². The summed E-state index contributed by atoms with van der Waals surface area (Å²) in [6, 6.07) is 14.5. The number of nitrogens with one attached hydrogen (secondary N) is 1. The highest BCUT2D eigenvalue weighted by molar-refractivity contribution is 9.10. The molecule has 0 saturated carbocycles. The molecule has 0 saturated heterocycles. The number of aromatic nitrogens is 2. The smallest absolute Gasteiger partial charge is 0.255 e. The lowest BCUT2D eigenvalue weighted by atomic mass is 10.2. The molecule has 1 aromatic heterocycles. The topological polar surface area (TPSA) is 56.2 Å². The zero-order valence-electron chi connectivity index (χ0n) is 13.1. The number of aryl methyl sites for hydroxylation is 1. The van der Waals surface area contributed by atoms with Gasteiger partial charge in [0, 0.05) is 35.2 Å². The molecule has 0 radical (unpaired) electrons. The number of hydrogen-bond donors (Lipinski definition) is 1. The van der Waals surface area contributed by atoms with Crippen molar-refractivity contribution in [3.63, 3.8) is 0 Å². The molecule has 2 aromatic carbocycles. The van der Waals surface area contributed by atoms with Crippen LogP contribution in [0.15, 0.2) is 65.4 Å². The Hall–Kier alpha value is -2.60. The minimum atomic E-state index is -0.159. The third-order valence-electron chi connectivity index (χ3n) is 3.51. The Morgan fingerprint density at radius 3 is 2.50 bits per heavy atom. The molecule has 1 heterocycles. The summed E-state index contributed by atoms with van der Waals surface area (Å²) in [6.07, 6.45) is 3.60. The Morgan fingerprint density at radius 2 is 1.88 bits per heavy atom. The van der Waals surface area contributed by atoms with Crippen molar-refractivity contribution in [3.05, 3.63) is 76.8 Å². The number of hydrogen-bond acceptors (Lipinski definition) is 3. The van der Waals surface area contributed by atoms with Crippen LogP contribution < -0.4 is 10.1 Å². The quantitative estimate of drug-likeness (QED) is 0.721. The lowest BCUT2D eigenvalue weighted by molar-refractivity contribution is 0.102. The molecule has 0 unspecified atom stereocenters. The predicted molar refractivity (Wildman–Crippen MR) is 96.1 cm³/mol. The average molecular weight is 386 g/mol. The molecule has 6 heteroatoms. The van der Waals surface area contributed by atoms with Crippen molar-refractivity contribution in [1.82, 2.24) is 9.55 Å². The molecule has 0 bridgehead atoms. The van der Waals surface area contributed by atoms with Crippen LogP contribution in [0.2, 0.25) is 0 Å². The Labute approximate surface area is 148 Å². The Balaban J connectivity index is 1.60. The molecule has 0 aliphatic rings. The summed E-state index contributed by atoms with van der Waals surface area (Å²) in [6.45, 7) is 0.383. The number of ether oxygens (including phenoxy) is 1. The van der Waals surface area contributed by atoms with Crippen LogP contribution in [0.4, 0.5) is 5.69 Å². The van der Waals surface area contributed by atoms with Gasteiger partial charge < -0.3 is 14.6 Å². The second-order valence-electron chi connectivity index (χ2n) is 5.23. The molecular formula is C18H16BrN3O2. The monoisotopic (exact) mass is 385 g/mol. The van der Waals surface area contributed by atoms with E-state index in [0.717, 1.165) is 16.0 Å². The van der Waals surface area contributed by atoms with Gasteiger partial charge in [0.15, 0.2) is 0 Å². The van der Waals surface area contributed by atoms with E-state index in [-0.39, 0.29) is 5.91 Å². The van der Waals surface area contributed by atoms with E-state index in [9.17, 15) is 4.79 Å². The van der Waals surface area contributed by atoms with E-state index < -0.39 is 0 Å². The summed E-state index contributed by atoms with van der Waals surface area (Å²) in [4.78, 5) is 16.4. The van der Waals surface area contributed by atoms with Gasteiger partial charge in [0.1, 0.15) is 18.2 Å². The van der Waals surface area contributed by atoms with Crippen molar-refractivity contribution >= 4 is 27.5 Å². The SMILES string of the molecule is Cn1ccnc1COc1ccc(C(=O)Nc2ccc(Br)cc2)cc1. The van der Waals surface area contributed by atoms with Gasteiger partial charge in [-0.3, -0.25) is 4.79 Å². The van der Waals surface area contributed by atoms with Gasteiger partial charge in [-0.05, 0) is 48.5 Å². The zero-order chi connectivity index (χ0) is 16.9. The molecule has 0 aliphatic heterocycles. The van der Waals surface area contributed by atoms with Crippen molar-refractivity contribution in [2.45, 2.75) is 6.61 Å². The minimum absolute atomic E-state index is 0.159. The molecule has 1 amide bonds. The predicted octanol–water partition coefficient (Wildman–Crippen LogP) is 4.01. The second-order valence-corrected chi connectivity index (χ2v) is 6.14. The zero-order valence-corrected chi connectivity index (χ0v) is 14.7. The maximum atomic E-state index is 12.2. The van der Waals surface area contributed by atoms with Crippen LogP contribution in [0.5, 0.6) is 5.75 Å². The first-order valence-electron chi connectivity index (χ1n) is 7.38. The fourth-order valence-corrected chi connectivity index (χ4v) is 2.39. The highest BCUT2D eigenvalue weighted by Crippen LogP contribution is 2.17. The fourth-order valence-electron chi connectivity index (χ4n) is 2.12. The van der Waals surface area contributed by atoms with Gasteiger partial charge in [-0.15, -0.1) is 0 Å². The fraction of sp³-hybridized carbons (Fsp3) is 0.111. The average Bonchev–Trinajstić information content (AvgIpc) is 3.00. The first-order valence-corrected chi connectivity index (χ1v) is 8.17. The van der Waals surface area contributed by atoms with E-state index in [0.29, 0.717) is 17.9 Å². The molecular weight excluding hydrogens is 370 g/mol. The van der Waals surface area contributed by atoms with Crippen molar-refractivity contribution < 1.29 is 9.53 Å². The highest BCUT2D eigenvalue weighted by atomic mass is 79.9. The van der Waals surface area contributed by atoms with Crippen molar-refractivity contribution in [1.29, 1.82) is 0 Å². The molecule has 0 aliphatic carbocycles. The summed E-state index contributed by atoms with van der Waals surface area (Å²) < 4.78 is 8.55. The van der Waals surface area contributed by atoms with E-state index in [1.165, 1.54) is 0 Å². The summed E-state index contributed by atoms with van der Waals surface area (Å²) in [7, 11) is 1.92. The maximum absolute atomic E-state index is 12.2. The highest BCUT2D eigenvalue weighted by Gasteiger charge is 2.07. The van der Waals surface area contributed by atoms with Gasteiger partial charge in [-0.25, -0.2) is 4.98 Å². The summed E-state index contributed by atoms with van der Waals surface area (Å²) in [5.74, 6) is 1.37. The molecule has 24 heavy (non-hydrogen) atoms. The lowest BCUT2D eigenvalue weighted by Gasteiger charge is -2.08. The molecule has 0 spiro atoms. The number of halogens is 1. The van der Waals surface area contributed by atoms with Crippen LogP contribution in [0.25, 0.3) is 0 Å². The van der Waals surface area contributed by atoms with Crippen LogP contribution in [0, 0.1) is 0 Å². The second kappa shape index (κ2) is 7.31. The molecule has 0 fully saturated rings. The third-order valence-corrected chi connectivity index (χ3v) is 4.04. The first kappa shape index (κ1) is 16.3. The maximum Gasteiger partial charge on any atom is 0.255 e. The summed E-state index contributed by atoms with van der Waals surface area (Å²) in [5.41, 5.74) is 1.32. The molecule has 0 atom stereocenters. The Bertz CT molecular complexity index is 826. The normalized spacial score (nSPS) is 10.4. The number of rotatable bonds is 5. The number of benzene rings is 2. The van der Waals surface area contributed by atoms with Crippen LogP contribution >= 0.6 is 15.9 Å². The van der Waals surface area contributed by atoms with Crippen molar-refractivity contribution in [3.8, 4) is 5.75 Å². The van der Waals surface area contributed by atoms with Crippen LogP contribution in [-0.2, 0) is 13.7 Å². The molecule has 122 valence electrons. The van der Waals surface area contributed by atoms with Gasteiger partial charge in [0.25, 0.3) is 5.91 Å². The number of nitrogens with zero attached hydrogens (tertiary/aromatic N) is 2. The number of carbonyl (C=O) groups is 1. The molecule has 3 aromatic rings. The van der Waals surface area contributed by atoms with E-state index in [4.69, 9.17) is 4.74 Å². The van der Waals surface area contributed by atoms with Crippen LogP contribution in [0.1, 0.15) is 16.2 Å². The number of carbonyl (C=O) groups excluding carboxylic acids is 1. The van der Waals surface area contributed by atoms with Crippen LogP contribution in [-0.4, -0.2) is 15.5 Å². The molecule has 5 nitrogen and oxygen atoms in total. The minimum Gasteiger partial charge on any atom is -0.486 e. The van der Waals surface area contributed by atoms with E-state index >= 15 is 0 Å². The van der Waals surface area contributed by atoms with E-state index in [2.05, 4.69) is 26.2 Å². The van der Waals surface area contributed by atoms with E-state index in [1.807, 2.05) is 42.1 Å². The lowest BCUT2D eigenvalue weighted by Crippen LogP contribution is -2.11. The standard InChI is InChI=1S/C18H16BrN3O2/c1-22-11-10-20-17(22)12-24-16-8-2-13(3-9-16)18(23)21-15-6-4-14(19)5-7-15/h2-11H,12H2,1H3,(H,21,23). The summed E-state index contributed by atoms with van der Waals surface area (Å²) >= 11 is 3.37. The molecule has 3 rings (SSSR count). The van der Waals surface area contributed by atoms with Gasteiger partial charge >= 0.3 is 0 Å². The van der Waals surface area contributed by atoms with Crippen LogP contribution in [0.3, 0.4) is 0 Å². The van der Waals surface area contributed by atoms with Gasteiger partial charge in [0.2, 0.25) is 0 Å². The van der Waals surface area contributed by atoms with Gasteiger partial charge in [0.05, 0.1) is 0 Å². The third kappa shape index (κ3) is 4.02.